The standard InChI is InChI=1S/C23H28N8O2S/c1-17-14-20(28-27-17)26-22-16-30(15-21-24-7-9-31(21)22)34-19-4-2-18(3-5-19)23(32)25-6-8-29-10-12-33-13-11-29/h2-5,7,9,14,16H,6,8,10-13,15H2,1H3,(H,25,32)(H2,26,27,28). The van der Waals surface area contributed by atoms with Gasteiger partial charge in [-0.05, 0) is 43.1 Å². The van der Waals surface area contributed by atoms with E-state index in [0.717, 1.165) is 60.9 Å². The average molecular weight is 481 g/mol. The number of benzene rings is 1. The lowest BCUT2D eigenvalue weighted by atomic mass is 10.2. The first-order valence-electron chi connectivity index (χ1n) is 11.3. The first-order valence-corrected chi connectivity index (χ1v) is 12.1. The number of rotatable bonds is 8. The zero-order chi connectivity index (χ0) is 23.3. The van der Waals surface area contributed by atoms with E-state index in [0.29, 0.717) is 18.7 Å². The number of H-pyrrole nitrogens is 1. The Balaban J connectivity index is 1.18. The van der Waals surface area contributed by atoms with Gasteiger partial charge in [0.1, 0.15) is 11.6 Å². The molecule has 0 unspecified atom stereocenters. The molecule has 10 nitrogen and oxygen atoms in total. The van der Waals surface area contributed by atoms with Crippen molar-refractivity contribution in [2.75, 3.05) is 44.7 Å². The number of fused-ring (bicyclic) bond motifs is 1. The van der Waals surface area contributed by atoms with Crippen molar-refractivity contribution >= 4 is 29.5 Å². The maximum atomic E-state index is 12.5. The van der Waals surface area contributed by atoms with E-state index in [4.69, 9.17) is 4.74 Å². The molecule has 5 rings (SSSR count). The van der Waals surface area contributed by atoms with Crippen molar-refractivity contribution in [1.29, 1.82) is 0 Å². The van der Waals surface area contributed by atoms with E-state index >= 15 is 0 Å². The number of morpholine rings is 1. The van der Waals surface area contributed by atoms with E-state index in [-0.39, 0.29) is 5.91 Å². The molecule has 2 aliphatic heterocycles. The summed E-state index contributed by atoms with van der Waals surface area (Å²) in [7, 11) is 0. The molecule has 1 aromatic carbocycles. The lowest BCUT2D eigenvalue weighted by Crippen LogP contribution is -2.41. The maximum absolute atomic E-state index is 12.5. The summed E-state index contributed by atoms with van der Waals surface area (Å²) < 4.78 is 9.49. The third kappa shape index (κ3) is 5.44. The van der Waals surface area contributed by atoms with Gasteiger partial charge in [0.2, 0.25) is 0 Å². The molecule has 0 saturated carbocycles. The van der Waals surface area contributed by atoms with Crippen LogP contribution in [0, 0.1) is 6.92 Å². The smallest absolute Gasteiger partial charge is 0.251 e. The SMILES string of the molecule is Cc1cc(NC2=CN(Sc3ccc(C(=O)NCCN4CCOCC4)cc3)Cc3nccn32)n[nH]1. The predicted molar refractivity (Wildman–Crippen MR) is 131 cm³/mol. The van der Waals surface area contributed by atoms with Gasteiger partial charge in [0.05, 0.1) is 26.0 Å². The Labute approximate surface area is 202 Å². The second kappa shape index (κ2) is 10.3. The Morgan fingerprint density at radius 3 is 2.82 bits per heavy atom. The van der Waals surface area contributed by atoms with E-state index < -0.39 is 0 Å². The summed E-state index contributed by atoms with van der Waals surface area (Å²) in [5.41, 5.74) is 1.65. The first-order chi connectivity index (χ1) is 16.6. The molecule has 1 amide bonds. The van der Waals surface area contributed by atoms with Crippen LogP contribution in [-0.4, -0.2) is 74.3 Å². The van der Waals surface area contributed by atoms with Crippen molar-refractivity contribution in [3.63, 3.8) is 0 Å². The van der Waals surface area contributed by atoms with Gasteiger partial charge in [0, 0.05) is 60.8 Å². The topological polar surface area (TPSA) is 103 Å². The normalized spacial score (nSPS) is 16.1. The minimum atomic E-state index is -0.0505. The van der Waals surface area contributed by atoms with Gasteiger partial charge >= 0.3 is 0 Å². The highest BCUT2D eigenvalue weighted by Gasteiger charge is 2.19. The van der Waals surface area contributed by atoms with E-state index in [9.17, 15) is 4.79 Å². The number of amides is 1. The zero-order valence-corrected chi connectivity index (χ0v) is 19.8. The van der Waals surface area contributed by atoms with Crippen molar-refractivity contribution in [2.45, 2.75) is 18.4 Å². The highest BCUT2D eigenvalue weighted by atomic mass is 32.2. The average Bonchev–Trinajstić information content (AvgIpc) is 3.49. The second-order valence-electron chi connectivity index (χ2n) is 8.19. The number of aryl methyl sites for hydroxylation is 1. The molecule has 2 aromatic heterocycles. The summed E-state index contributed by atoms with van der Waals surface area (Å²) in [6, 6.07) is 9.63. The van der Waals surface area contributed by atoms with Crippen molar-refractivity contribution < 1.29 is 9.53 Å². The van der Waals surface area contributed by atoms with Gasteiger partial charge < -0.3 is 19.7 Å². The van der Waals surface area contributed by atoms with Crippen molar-refractivity contribution in [3.05, 3.63) is 66.0 Å². The number of carbonyl (C=O) groups excluding carboxylic acids is 1. The molecule has 178 valence electrons. The number of aromatic amines is 1. The van der Waals surface area contributed by atoms with Gasteiger partial charge in [-0.25, -0.2) is 4.98 Å². The lowest BCUT2D eigenvalue weighted by Gasteiger charge is -2.26. The van der Waals surface area contributed by atoms with Crippen LogP contribution in [0.3, 0.4) is 0 Å². The Morgan fingerprint density at radius 1 is 1.24 bits per heavy atom. The molecule has 3 aromatic rings. The highest BCUT2D eigenvalue weighted by Crippen LogP contribution is 2.30. The molecule has 1 fully saturated rings. The van der Waals surface area contributed by atoms with Crippen LogP contribution in [0.4, 0.5) is 5.82 Å². The Morgan fingerprint density at radius 2 is 2.06 bits per heavy atom. The minimum Gasteiger partial charge on any atom is -0.379 e. The highest BCUT2D eigenvalue weighted by molar-refractivity contribution is 7.97. The number of nitrogens with one attached hydrogen (secondary N) is 3. The van der Waals surface area contributed by atoms with Crippen LogP contribution >= 0.6 is 11.9 Å². The summed E-state index contributed by atoms with van der Waals surface area (Å²) in [6.07, 6.45) is 5.76. The Bertz CT molecular complexity index is 1150. The Kier molecular flexibility index (Phi) is 6.84. The number of imidazole rings is 1. The minimum absolute atomic E-state index is 0.0505. The lowest BCUT2D eigenvalue weighted by molar-refractivity contribution is 0.0383. The summed E-state index contributed by atoms with van der Waals surface area (Å²) >= 11 is 1.59. The molecule has 1 saturated heterocycles. The fourth-order valence-corrected chi connectivity index (χ4v) is 4.74. The first kappa shape index (κ1) is 22.5. The fourth-order valence-electron chi connectivity index (χ4n) is 3.88. The van der Waals surface area contributed by atoms with Crippen LogP contribution in [0.2, 0.25) is 0 Å². The van der Waals surface area contributed by atoms with E-state index in [1.807, 2.05) is 54.2 Å². The van der Waals surface area contributed by atoms with E-state index in [1.54, 1.807) is 18.1 Å². The number of hydrogen-bond donors (Lipinski definition) is 3. The van der Waals surface area contributed by atoms with Crippen LogP contribution < -0.4 is 10.6 Å². The van der Waals surface area contributed by atoms with Crippen LogP contribution in [0.25, 0.3) is 5.82 Å². The van der Waals surface area contributed by atoms with Gasteiger partial charge in [-0.3, -0.25) is 19.4 Å². The number of hydrogen-bond acceptors (Lipinski definition) is 8. The third-order valence-corrected chi connectivity index (χ3v) is 6.61. The molecule has 0 aliphatic carbocycles. The summed E-state index contributed by atoms with van der Waals surface area (Å²) in [4.78, 5) is 20.3. The van der Waals surface area contributed by atoms with E-state index in [2.05, 4.69) is 35.0 Å². The molecular weight excluding hydrogens is 452 g/mol. The van der Waals surface area contributed by atoms with Crippen LogP contribution in [0.15, 0.2) is 53.8 Å². The van der Waals surface area contributed by atoms with Crippen molar-refractivity contribution in [1.82, 2.24) is 34.3 Å². The second-order valence-corrected chi connectivity index (χ2v) is 9.31. The molecule has 0 atom stereocenters. The third-order valence-electron chi connectivity index (χ3n) is 5.66. The van der Waals surface area contributed by atoms with Crippen LogP contribution in [-0.2, 0) is 11.3 Å². The fraction of sp³-hybridized carbons (Fsp3) is 0.348. The molecule has 0 spiro atoms. The summed E-state index contributed by atoms with van der Waals surface area (Å²) in [5, 5.41) is 13.6. The molecule has 2 aliphatic rings. The summed E-state index contributed by atoms with van der Waals surface area (Å²) in [6.45, 7) is 7.47. The number of aromatic nitrogens is 4. The van der Waals surface area contributed by atoms with Gasteiger partial charge in [-0.1, -0.05) is 0 Å². The molecule has 0 radical (unpaired) electrons. The van der Waals surface area contributed by atoms with Crippen LogP contribution in [0.1, 0.15) is 21.9 Å². The van der Waals surface area contributed by atoms with Gasteiger partial charge in [0.15, 0.2) is 5.82 Å². The number of ether oxygens (including phenoxy) is 1. The number of carbonyl (C=O) groups is 1. The van der Waals surface area contributed by atoms with Crippen molar-refractivity contribution in [2.24, 2.45) is 0 Å². The largest absolute Gasteiger partial charge is 0.379 e. The van der Waals surface area contributed by atoms with Crippen LogP contribution in [0.5, 0.6) is 0 Å². The maximum Gasteiger partial charge on any atom is 0.251 e. The predicted octanol–water partition coefficient (Wildman–Crippen LogP) is 2.37. The van der Waals surface area contributed by atoms with Gasteiger partial charge in [-0.2, -0.15) is 5.10 Å². The molecule has 0 bridgehead atoms. The molecular formula is C23H28N8O2S. The zero-order valence-electron chi connectivity index (χ0n) is 19.0. The number of anilines is 1. The summed E-state index contributed by atoms with van der Waals surface area (Å²) in [5.74, 6) is 2.50. The molecule has 3 N–H and O–H groups in total. The van der Waals surface area contributed by atoms with Gasteiger partial charge in [0.25, 0.3) is 5.91 Å². The van der Waals surface area contributed by atoms with Crippen molar-refractivity contribution in [3.8, 4) is 0 Å². The van der Waals surface area contributed by atoms with E-state index in [1.165, 1.54) is 0 Å². The monoisotopic (exact) mass is 480 g/mol. The molecule has 4 heterocycles. The quantitative estimate of drug-likeness (QED) is 0.422. The molecule has 34 heavy (non-hydrogen) atoms. The molecule has 11 heteroatoms. The Hall–Kier alpha value is -3.28. The van der Waals surface area contributed by atoms with Gasteiger partial charge in [-0.15, -0.1) is 0 Å². The number of nitrogens with zero attached hydrogens (tertiary/aromatic N) is 5.